The standard InChI is InChI=1S/C15H28N2OS/c1-12-5-4-6-15(16,11-12)13(18)17-8-7-14(2,3)19-10-9-17/h12H,4-11,16H2,1-3H3. The van der Waals surface area contributed by atoms with Crippen LogP contribution in [0.3, 0.4) is 0 Å². The minimum absolute atomic E-state index is 0.206. The second-order valence-electron chi connectivity index (χ2n) is 7.01. The lowest BCUT2D eigenvalue weighted by atomic mass is 9.76. The highest BCUT2D eigenvalue weighted by molar-refractivity contribution is 8.00. The normalized spacial score (nSPS) is 35.8. The molecular formula is C15H28N2OS. The molecule has 4 heteroatoms. The second kappa shape index (κ2) is 5.65. The van der Waals surface area contributed by atoms with Crippen LogP contribution in [0.4, 0.5) is 0 Å². The summed E-state index contributed by atoms with van der Waals surface area (Å²) in [5.74, 6) is 1.82. The Morgan fingerprint density at radius 3 is 2.74 bits per heavy atom. The fourth-order valence-electron chi connectivity index (χ4n) is 3.32. The molecule has 1 saturated heterocycles. The van der Waals surface area contributed by atoms with Crippen LogP contribution in [0.2, 0.25) is 0 Å². The number of rotatable bonds is 1. The molecule has 0 radical (unpaired) electrons. The molecule has 0 aromatic heterocycles. The topological polar surface area (TPSA) is 46.3 Å². The van der Waals surface area contributed by atoms with Crippen molar-refractivity contribution < 1.29 is 4.79 Å². The summed E-state index contributed by atoms with van der Waals surface area (Å²) in [5.41, 5.74) is 5.86. The molecule has 2 unspecified atom stereocenters. The molecule has 3 nitrogen and oxygen atoms in total. The number of thioether (sulfide) groups is 1. The molecule has 2 aliphatic rings. The van der Waals surface area contributed by atoms with E-state index in [9.17, 15) is 4.79 Å². The Morgan fingerprint density at radius 2 is 2.05 bits per heavy atom. The highest BCUT2D eigenvalue weighted by atomic mass is 32.2. The molecule has 1 aliphatic carbocycles. The first-order valence-corrected chi connectivity index (χ1v) is 8.53. The highest BCUT2D eigenvalue weighted by Gasteiger charge is 2.41. The molecule has 2 fully saturated rings. The molecule has 0 aromatic carbocycles. The van der Waals surface area contributed by atoms with Gasteiger partial charge in [-0.2, -0.15) is 11.8 Å². The molecule has 19 heavy (non-hydrogen) atoms. The van der Waals surface area contributed by atoms with Gasteiger partial charge < -0.3 is 10.6 Å². The number of carbonyl (C=O) groups excluding carboxylic acids is 1. The number of hydrogen-bond donors (Lipinski definition) is 1. The van der Waals surface area contributed by atoms with Gasteiger partial charge >= 0.3 is 0 Å². The van der Waals surface area contributed by atoms with Gasteiger partial charge in [-0.05, 0) is 25.2 Å². The largest absolute Gasteiger partial charge is 0.340 e. The minimum Gasteiger partial charge on any atom is -0.340 e. The van der Waals surface area contributed by atoms with Crippen molar-refractivity contribution in [3.8, 4) is 0 Å². The molecular weight excluding hydrogens is 256 g/mol. The molecule has 1 heterocycles. The van der Waals surface area contributed by atoms with Gasteiger partial charge in [0.05, 0.1) is 5.54 Å². The summed E-state index contributed by atoms with van der Waals surface area (Å²) in [7, 11) is 0. The van der Waals surface area contributed by atoms with Crippen molar-refractivity contribution in [1.82, 2.24) is 4.90 Å². The van der Waals surface area contributed by atoms with Gasteiger partial charge in [-0.15, -0.1) is 0 Å². The summed E-state index contributed by atoms with van der Waals surface area (Å²) in [4.78, 5) is 14.8. The van der Waals surface area contributed by atoms with Crippen molar-refractivity contribution in [3.63, 3.8) is 0 Å². The molecule has 1 amide bonds. The predicted octanol–water partition coefficient (Wildman–Crippen LogP) is 2.64. The van der Waals surface area contributed by atoms with E-state index in [1.807, 2.05) is 16.7 Å². The third-order valence-electron chi connectivity index (χ3n) is 4.58. The van der Waals surface area contributed by atoms with Crippen molar-refractivity contribution in [1.29, 1.82) is 0 Å². The van der Waals surface area contributed by atoms with Crippen molar-refractivity contribution in [2.75, 3.05) is 18.8 Å². The van der Waals surface area contributed by atoms with E-state index in [2.05, 4.69) is 20.8 Å². The van der Waals surface area contributed by atoms with Crippen LogP contribution in [0.5, 0.6) is 0 Å². The van der Waals surface area contributed by atoms with E-state index in [1.165, 1.54) is 6.42 Å². The summed E-state index contributed by atoms with van der Waals surface area (Å²) >= 11 is 1.97. The van der Waals surface area contributed by atoms with Gasteiger partial charge in [-0.1, -0.05) is 33.6 Å². The van der Waals surface area contributed by atoms with Crippen molar-refractivity contribution >= 4 is 17.7 Å². The van der Waals surface area contributed by atoms with Crippen LogP contribution in [0, 0.1) is 5.92 Å². The highest BCUT2D eigenvalue weighted by Crippen LogP contribution is 2.34. The Balaban J connectivity index is 2.02. The van der Waals surface area contributed by atoms with Gasteiger partial charge in [0.1, 0.15) is 0 Å². The Hall–Kier alpha value is -0.220. The van der Waals surface area contributed by atoms with Crippen LogP contribution >= 0.6 is 11.8 Å². The van der Waals surface area contributed by atoms with Crippen LogP contribution in [-0.4, -0.2) is 39.9 Å². The van der Waals surface area contributed by atoms with Crippen molar-refractivity contribution in [2.24, 2.45) is 11.7 Å². The fraction of sp³-hybridized carbons (Fsp3) is 0.933. The van der Waals surface area contributed by atoms with Gasteiger partial charge in [0.2, 0.25) is 5.91 Å². The maximum atomic E-state index is 12.8. The number of nitrogens with zero attached hydrogens (tertiary/aromatic N) is 1. The SMILES string of the molecule is CC1CCCC(N)(C(=O)N2CCSC(C)(C)CC2)C1. The minimum atomic E-state index is -0.586. The van der Waals surface area contributed by atoms with Crippen LogP contribution < -0.4 is 5.73 Å². The summed E-state index contributed by atoms with van der Waals surface area (Å²) in [6, 6.07) is 0. The second-order valence-corrected chi connectivity index (χ2v) is 8.81. The lowest BCUT2D eigenvalue weighted by Gasteiger charge is -2.39. The zero-order valence-corrected chi connectivity index (χ0v) is 13.4. The van der Waals surface area contributed by atoms with Gasteiger partial charge in [-0.3, -0.25) is 4.79 Å². The molecule has 2 atom stereocenters. The van der Waals surface area contributed by atoms with Crippen LogP contribution in [0.25, 0.3) is 0 Å². The molecule has 0 spiro atoms. The van der Waals surface area contributed by atoms with E-state index >= 15 is 0 Å². The van der Waals surface area contributed by atoms with E-state index in [0.29, 0.717) is 5.92 Å². The van der Waals surface area contributed by atoms with E-state index in [1.54, 1.807) is 0 Å². The maximum Gasteiger partial charge on any atom is 0.242 e. The van der Waals surface area contributed by atoms with Crippen LogP contribution in [0.15, 0.2) is 0 Å². The third-order valence-corrected chi connectivity index (χ3v) is 5.96. The van der Waals surface area contributed by atoms with Gasteiger partial charge in [0.25, 0.3) is 0 Å². The first kappa shape index (κ1) is 15.2. The Kier molecular flexibility index (Phi) is 4.51. The van der Waals surface area contributed by atoms with Crippen LogP contribution in [0.1, 0.15) is 52.9 Å². The molecule has 0 aromatic rings. The Labute approximate surface area is 121 Å². The lowest BCUT2D eigenvalue weighted by molar-refractivity contribution is -0.138. The maximum absolute atomic E-state index is 12.8. The van der Waals surface area contributed by atoms with Crippen LogP contribution in [-0.2, 0) is 4.79 Å². The molecule has 0 bridgehead atoms. The summed E-state index contributed by atoms with van der Waals surface area (Å²) < 4.78 is 0.288. The first-order chi connectivity index (χ1) is 8.82. The number of hydrogen-bond acceptors (Lipinski definition) is 3. The number of amides is 1. The number of carbonyl (C=O) groups is 1. The predicted molar refractivity (Wildman–Crippen MR) is 82.3 cm³/mol. The average Bonchev–Trinajstić information content (AvgIpc) is 2.49. The molecule has 2 rings (SSSR count). The number of nitrogens with two attached hydrogens (primary N) is 1. The fourth-order valence-corrected chi connectivity index (χ4v) is 4.42. The monoisotopic (exact) mass is 284 g/mol. The van der Waals surface area contributed by atoms with E-state index in [-0.39, 0.29) is 10.7 Å². The Bertz CT molecular complexity index is 345. The molecule has 110 valence electrons. The Morgan fingerprint density at radius 1 is 1.32 bits per heavy atom. The average molecular weight is 284 g/mol. The van der Waals surface area contributed by atoms with Gasteiger partial charge in [-0.25, -0.2) is 0 Å². The summed E-state index contributed by atoms with van der Waals surface area (Å²) in [6.45, 7) is 8.49. The zero-order chi connectivity index (χ0) is 14.1. The smallest absolute Gasteiger partial charge is 0.242 e. The summed E-state index contributed by atoms with van der Waals surface area (Å²) in [6.07, 6.45) is 5.10. The van der Waals surface area contributed by atoms with Crippen molar-refractivity contribution in [2.45, 2.75) is 63.2 Å². The van der Waals surface area contributed by atoms with Crippen molar-refractivity contribution in [3.05, 3.63) is 0 Å². The van der Waals surface area contributed by atoms with E-state index in [4.69, 9.17) is 5.73 Å². The first-order valence-electron chi connectivity index (χ1n) is 7.55. The quantitative estimate of drug-likeness (QED) is 0.805. The lowest BCUT2D eigenvalue weighted by Crippen LogP contribution is -2.57. The van der Waals surface area contributed by atoms with E-state index < -0.39 is 5.54 Å². The molecule has 2 N–H and O–H groups in total. The van der Waals surface area contributed by atoms with Gasteiger partial charge in [0.15, 0.2) is 0 Å². The molecule has 1 saturated carbocycles. The molecule has 1 aliphatic heterocycles. The summed E-state index contributed by atoms with van der Waals surface area (Å²) in [5, 5.41) is 0. The third kappa shape index (κ3) is 3.66. The zero-order valence-electron chi connectivity index (χ0n) is 12.6. The van der Waals surface area contributed by atoms with Gasteiger partial charge in [0, 0.05) is 23.6 Å². The van der Waals surface area contributed by atoms with E-state index in [0.717, 1.165) is 44.5 Å².